The van der Waals surface area contributed by atoms with Crippen molar-refractivity contribution in [3.63, 3.8) is 0 Å². The summed E-state index contributed by atoms with van der Waals surface area (Å²) in [6.07, 6.45) is 0. The zero-order valence-corrected chi connectivity index (χ0v) is 6.66. The topological polar surface area (TPSA) is 55.3 Å². The monoisotopic (exact) mass is 153 g/mol. The molecule has 2 heterocycles. The van der Waals surface area contributed by atoms with E-state index in [4.69, 9.17) is 10.3 Å². The Kier molecular flexibility index (Phi) is 1.20. The average molecular weight is 153 g/mol. The van der Waals surface area contributed by atoms with Gasteiger partial charge < -0.3 is 10.3 Å². The lowest BCUT2D eigenvalue weighted by Crippen LogP contribution is -2.13. The van der Waals surface area contributed by atoms with E-state index in [0.29, 0.717) is 11.9 Å². The Labute approximate surface area is 65.0 Å². The number of nitrogens with zero attached hydrogens (tertiary/aromatic N) is 2. The van der Waals surface area contributed by atoms with Crippen molar-refractivity contribution in [2.24, 2.45) is 0 Å². The summed E-state index contributed by atoms with van der Waals surface area (Å²) in [5.41, 5.74) is 6.64. The lowest BCUT2D eigenvalue weighted by molar-refractivity contribution is 0.242. The third-order valence-corrected chi connectivity index (χ3v) is 2.30. The van der Waals surface area contributed by atoms with Gasteiger partial charge in [-0.2, -0.15) is 0 Å². The van der Waals surface area contributed by atoms with Gasteiger partial charge in [-0.15, -0.1) is 0 Å². The van der Waals surface area contributed by atoms with Crippen LogP contribution in [0.25, 0.3) is 0 Å². The van der Waals surface area contributed by atoms with Crippen LogP contribution in [0.5, 0.6) is 0 Å². The van der Waals surface area contributed by atoms with Crippen LogP contribution in [-0.2, 0) is 6.54 Å². The summed E-state index contributed by atoms with van der Waals surface area (Å²) in [5.74, 6) is 1.46. The first-order valence-corrected chi connectivity index (χ1v) is 3.64. The Morgan fingerprint density at radius 1 is 1.73 bits per heavy atom. The first-order valence-electron chi connectivity index (χ1n) is 3.64. The van der Waals surface area contributed by atoms with Gasteiger partial charge >= 0.3 is 0 Å². The molecule has 0 spiro atoms. The normalized spacial score (nSPS) is 24.0. The molecule has 1 aromatic rings. The lowest BCUT2D eigenvalue weighted by Gasteiger charge is -2.12. The highest BCUT2D eigenvalue weighted by molar-refractivity contribution is 5.43. The predicted octanol–water partition coefficient (Wildman–Crippen LogP) is 0.763. The maximum Gasteiger partial charge on any atom is 0.171 e. The highest BCUT2D eigenvalue weighted by atomic mass is 16.5. The highest BCUT2D eigenvalue weighted by Crippen LogP contribution is 2.34. The molecule has 1 unspecified atom stereocenters. The van der Waals surface area contributed by atoms with E-state index in [1.807, 2.05) is 7.05 Å². The first-order chi connectivity index (χ1) is 5.20. The maximum atomic E-state index is 5.58. The van der Waals surface area contributed by atoms with Gasteiger partial charge in [-0.3, -0.25) is 4.90 Å². The molecule has 0 aliphatic carbocycles. The van der Waals surface area contributed by atoms with Crippen LogP contribution in [0.3, 0.4) is 0 Å². The molecule has 0 saturated carbocycles. The number of nitrogen functional groups attached to an aromatic ring is 1. The lowest BCUT2D eigenvalue weighted by atomic mass is 10.2. The quantitative estimate of drug-likeness (QED) is 0.598. The molecular formula is C7H11N3O. The summed E-state index contributed by atoms with van der Waals surface area (Å²) >= 11 is 0. The van der Waals surface area contributed by atoms with Gasteiger partial charge in [0.15, 0.2) is 11.6 Å². The second-order valence-corrected chi connectivity index (χ2v) is 3.00. The fraction of sp³-hybridized carbons (Fsp3) is 0.571. The number of fused-ring (bicyclic) bond motifs is 1. The Morgan fingerprint density at radius 2 is 2.45 bits per heavy atom. The van der Waals surface area contributed by atoms with Crippen LogP contribution in [0.15, 0.2) is 4.52 Å². The van der Waals surface area contributed by atoms with Gasteiger partial charge in [0.1, 0.15) is 0 Å². The number of rotatable bonds is 0. The van der Waals surface area contributed by atoms with Gasteiger partial charge in [0, 0.05) is 6.54 Å². The van der Waals surface area contributed by atoms with Crippen molar-refractivity contribution in [3.05, 3.63) is 11.3 Å². The minimum absolute atomic E-state index is 0.315. The zero-order valence-electron chi connectivity index (χ0n) is 6.66. The van der Waals surface area contributed by atoms with E-state index in [0.717, 1.165) is 17.9 Å². The average Bonchev–Trinajstić information content (AvgIpc) is 2.43. The van der Waals surface area contributed by atoms with Crippen LogP contribution in [0.4, 0.5) is 5.82 Å². The molecule has 0 bridgehead atoms. The van der Waals surface area contributed by atoms with Crippen molar-refractivity contribution in [3.8, 4) is 0 Å². The van der Waals surface area contributed by atoms with E-state index in [2.05, 4.69) is 17.0 Å². The molecule has 4 heteroatoms. The minimum atomic E-state index is 0.315. The van der Waals surface area contributed by atoms with Crippen molar-refractivity contribution in [2.75, 3.05) is 12.8 Å². The SMILES string of the molecule is CC1c2onc(N)c2CN1C. The molecule has 2 rings (SSSR count). The van der Waals surface area contributed by atoms with Crippen LogP contribution in [0.2, 0.25) is 0 Å². The first kappa shape index (κ1) is 6.67. The summed E-state index contributed by atoms with van der Waals surface area (Å²) in [6, 6.07) is 0.315. The Bertz CT molecular complexity index is 281. The van der Waals surface area contributed by atoms with Gasteiger partial charge in [0.25, 0.3) is 0 Å². The third kappa shape index (κ3) is 0.758. The van der Waals surface area contributed by atoms with Gasteiger partial charge in [0.2, 0.25) is 0 Å². The summed E-state index contributed by atoms with van der Waals surface area (Å²) in [7, 11) is 2.04. The van der Waals surface area contributed by atoms with Crippen LogP contribution in [-0.4, -0.2) is 17.1 Å². The van der Waals surface area contributed by atoms with Gasteiger partial charge in [-0.1, -0.05) is 5.16 Å². The molecule has 11 heavy (non-hydrogen) atoms. The summed E-state index contributed by atoms with van der Waals surface area (Å²) < 4.78 is 5.07. The zero-order chi connectivity index (χ0) is 8.01. The standard InChI is InChI=1S/C7H11N3O/c1-4-6-5(3-10(4)2)7(8)9-11-6/h4H,3H2,1-2H3,(H2,8,9). The molecule has 60 valence electrons. The van der Waals surface area contributed by atoms with Gasteiger partial charge in [-0.05, 0) is 14.0 Å². The largest absolute Gasteiger partial charge is 0.381 e. The van der Waals surface area contributed by atoms with Crippen molar-refractivity contribution >= 4 is 5.82 Å². The Balaban J connectivity index is 2.47. The van der Waals surface area contributed by atoms with E-state index < -0.39 is 0 Å². The minimum Gasteiger partial charge on any atom is -0.381 e. The summed E-state index contributed by atoms with van der Waals surface area (Å²) in [6.45, 7) is 2.93. The predicted molar refractivity (Wildman–Crippen MR) is 40.8 cm³/mol. The molecule has 1 aromatic heterocycles. The van der Waals surface area contributed by atoms with E-state index in [1.54, 1.807) is 0 Å². The molecular weight excluding hydrogens is 142 g/mol. The fourth-order valence-electron chi connectivity index (χ4n) is 1.41. The number of anilines is 1. The fourth-order valence-corrected chi connectivity index (χ4v) is 1.41. The molecule has 1 atom stereocenters. The number of hydrogen-bond acceptors (Lipinski definition) is 4. The second kappa shape index (κ2) is 1.98. The van der Waals surface area contributed by atoms with Gasteiger partial charge in [0.05, 0.1) is 11.6 Å². The molecule has 1 aliphatic rings. The smallest absolute Gasteiger partial charge is 0.171 e. The summed E-state index contributed by atoms with van der Waals surface area (Å²) in [4.78, 5) is 2.17. The van der Waals surface area contributed by atoms with Crippen LogP contribution in [0, 0.1) is 0 Å². The van der Waals surface area contributed by atoms with Crippen LogP contribution < -0.4 is 5.73 Å². The molecule has 0 amide bonds. The number of aromatic nitrogens is 1. The van der Waals surface area contributed by atoms with Crippen molar-refractivity contribution in [1.29, 1.82) is 0 Å². The Morgan fingerprint density at radius 3 is 3.09 bits per heavy atom. The highest BCUT2D eigenvalue weighted by Gasteiger charge is 2.30. The third-order valence-electron chi connectivity index (χ3n) is 2.30. The van der Waals surface area contributed by atoms with E-state index in [-0.39, 0.29) is 0 Å². The van der Waals surface area contributed by atoms with Crippen LogP contribution in [0.1, 0.15) is 24.3 Å². The van der Waals surface area contributed by atoms with Crippen LogP contribution >= 0.6 is 0 Å². The molecule has 1 aliphatic heterocycles. The van der Waals surface area contributed by atoms with Crippen molar-refractivity contribution in [1.82, 2.24) is 10.1 Å². The molecule has 0 aromatic carbocycles. The molecule has 0 radical (unpaired) electrons. The molecule has 0 saturated heterocycles. The number of nitrogens with two attached hydrogens (primary N) is 1. The number of hydrogen-bond donors (Lipinski definition) is 1. The Hall–Kier alpha value is -1.03. The van der Waals surface area contributed by atoms with Crippen molar-refractivity contribution < 1.29 is 4.52 Å². The maximum absolute atomic E-state index is 5.58. The molecule has 0 fully saturated rings. The van der Waals surface area contributed by atoms with Crippen molar-refractivity contribution in [2.45, 2.75) is 19.5 Å². The van der Waals surface area contributed by atoms with E-state index in [9.17, 15) is 0 Å². The second-order valence-electron chi connectivity index (χ2n) is 3.00. The van der Waals surface area contributed by atoms with Gasteiger partial charge in [-0.25, -0.2) is 0 Å². The molecule has 4 nitrogen and oxygen atoms in total. The van der Waals surface area contributed by atoms with E-state index in [1.165, 1.54) is 0 Å². The summed E-state index contributed by atoms with van der Waals surface area (Å²) in [5, 5.41) is 3.70. The van der Waals surface area contributed by atoms with E-state index >= 15 is 0 Å². The molecule has 2 N–H and O–H groups in total.